The lowest BCUT2D eigenvalue weighted by atomic mass is 10.1. The van der Waals surface area contributed by atoms with Gasteiger partial charge in [-0.3, -0.25) is 4.79 Å². The van der Waals surface area contributed by atoms with Gasteiger partial charge in [0.1, 0.15) is 17.5 Å². The molecule has 2 aromatic rings. The van der Waals surface area contributed by atoms with Gasteiger partial charge in [0.2, 0.25) is 0 Å². The molecule has 0 aliphatic rings. The number of carbonyl (C=O) groups is 1. The van der Waals surface area contributed by atoms with Gasteiger partial charge in [0, 0.05) is 19.3 Å². The molecule has 4 nitrogen and oxygen atoms in total. The Morgan fingerprint density at radius 2 is 1.76 bits per heavy atom. The van der Waals surface area contributed by atoms with E-state index in [0.717, 1.165) is 5.56 Å². The lowest BCUT2D eigenvalue weighted by Crippen LogP contribution is -2.28. The molecule has 0 aliphatic carbocycles. The lowest BCUT2D eigenvalue weighted by Gasteiger charge is -2.06. The van der Waals surface area contributed by atoms with Crippen LogP contribution in [-0.2, 0) is 17.6 Å². The van der Waals surface area contributed by atoms with Crippen molar-refractivity contribution in [3.8, 4) is 6.07 Å². The average Bonchev–Trinajstić information content (AvgIpc) is 2.64. The smallest absolute Gasteiger partial charge is 0.263 e. The van der Waals surface area contributed by atoms with Crippen molar-refractivity contribution in [1.82, 2.24) is 10.6 Å². The van der Waals surface area contributed by atoms with Gasteiger partial charge < -0.3 is 10.6 Å². The number of benzene rings is 2. The number of nitrogens with one attached hydrogen (secondary N) is 2. The van der Waals surface area contributed by atoms with Crippen molar-refractivity contribution < 1.29 is 9.18 Å². The predicted octanol–water partition coefficient (Wildman–Crippen LogP) is 2.72. The second-order valence-electron chi connectivity index (χ2n) is 5.46. The number of nitriles is 1. The first-order valence-electron chi connectivity index (χ1n) is 8.10. The molecule has 0 aromatic heterocycles. The zero-order chi connectivity index (χ0) is 17.9. The molecule has 0 saturated carbocycles. The Hall–Kier alpha value is -3.13. The maximum absolute atomic E-state index is 13.5. The number of hydrogen-bond donors (Lipinski definition) is 2. The summed E-state index contributed by atoms with van der Waals surface area (Å²) in [4.78, 5) is 12.0. The van der Waals surface area contributed by atoms with Gasteiger partial charge in [-0.2, -0.15) is 5.26 Å². The summed E-state index contributed by atoms with van der Waals surface area (Å²) >= 11 is 0. The first kappa shape index (κ1) is 18.2. The van der Waals surface area contributed by atoms with E-state index in [1.54, 1.807) is 18.2 Å². The Labute approximate surface area is 147 Å². The van der Waals surface area contributed by atoms with E-state index in [9.17, 15) is 9.18 Å². The lowest BCUT2D eigenvalue weighted by molar-refractivity contribution is -0.117. The molecule has 0 saturated heterocycles. The van der Waals surface area contributed by atoms with E-state index in [4.69, 9.17) is 5.26 Å². The normalized spacial score (nSPS) is 10.8. The molecular weight excluding hydrogens is 317 g/mol. The third-order valence-corrected chi connectivity index (χ3v) is 3.65. The quantitative estimate of drug-likeness (QED) is 0.442. The van der Waals surface area contributed by atoms with Gasteiger partial charge in [-0.05, 0) is 30.0 Å². The summed E-state index contributed by atoms with van der Waals surface area (Å²) < 4.78 is 13.5. The zero-order valence-electron chi connectivity index (χ0n) is 13.8. The highest BCUT2D eigenvalue weighted by atomic mass is 19.1. The number of nitrogens with zero attached hydrogens (tertiary/aromatic N) is 1. The summed E-state index contributed by atoms with van der Waals surface area (Å²) in [6.45, 7) is 0.889. The van der Waals surface area contributed by atoms with Gasteiger partial charge >= 0.3 is 0 Å². The highest BCUT2D eigenvalue weighted by Crippen LogP contribution is 2.06. The van der Waals surface area contributed by atoms with Crippen LogP contribution < -0.4 is 10.6 Å². The van der Waals surface area contributed by atoms with Crippen molar-refractivity contribution in [2.24, 2.45) is 0 Å². The monoisotopic (exact) mass is 337 g/mol. The third kappa shape index (κ3) is 6.11. The van der Waals surface area contributed by atoms with Crippen molar-refractivity contribution >= 4 is 5.91 Å². The molecule has 0 atom stereocenters. The number of amides is 1. The van der Waals surface area contributed by atoms with Crippen molar-refractivity contribution in [2.75, 3.05) is 13.1 Å². The Bertz CT molecular complexity index is 766. The summed E-state index contributed by atoms with van der Waals surface area (Å²) in [5, 5.41) is 14.7. The molecule has 128 valence electrons. The van der Waals surface area contributed by atoms with E-state index in [0.29, 0.717) is 31.5 Å². The van der Waals surface area contributed by atoms with Gasteiger partial charge in [-0.25, -0.2) is 4.39 Å². The van der Waals surface area contributed by atoms with Crippen molar-refractivity contribution in [3.05, 3.63) is 83.3 Å². The standard InChI is InChI=1S/C20H20FN3O/c21-19-9-5-4-8-17(19)11-12-23-15-18(14-22)20(25)24-13-10-16-6-2-1-3-7-16/h1-9,15,23H,10-13H2,(H,24,25)/b18-15-. The zero-order valence-corrected chi connectivity index (χ0v) is 13.8. The van der Waals surface area contributed by atoms with Crippen LogP contribution in [-0.4, -0.2) is 19.0 Å². The van der Waals surface area contributed by atoms with E-state index < -0.39 is 5.91 Å². The minimum absolute atomic E-state index is 0.00148. The van der Waals surface area contributed by atoms with E-state index in [1.165, 1.54) is 12.3 Å². The Kier molecular flexibility index (Phi) is 7.20. The molecule has 0 fully saturated rings. The fraction of sp³-hybridized carbons (Fsp3) is 0.200. The number of hydrogen-bond acceptors (Lipinski definition) is 3. The highest BCUT2D eigenvalue weighted by Gasteiger charge is 2.08. The van der Waals surface area contributed by atoms with Crippen LogP contribution in [0, 0.1) is 17.1 Å². The van der Waals surface area contributed by atoms with E-state index in [-0.39, 0.29) is 11.4 Å². The molecule has 0 aliphatic heterocycles. The highest BCUT2D eigenvalue weighted by molar-refractivity contribution is 5.97. The predicted molar refractivity (Wildman–Crippen MR) is 95.0 cm³/mol. The SMILES string of the molecule is N#C/C(=C/NCCc1ccccc1F)C(=O)NCCc1ccccc1. The first-order chi connectivity index (χ1) is 12.2. The molecule has 1 amide bonds. The van der Waals surface area contributed by atoms with Crippen LogP contribution in [0.2, 0.25) is 0 Å². The van der Waals surface area contributed by atoms with Crippen LogP contribution in [0.25, 0.3) is 0 Å². The van der Waals surface area contributed by atoms with Gasteiger partial charge in [-0.1, -0.05) is 48.5 Å². The largest absolute Gasteiger partial charge is 0.389 e. The molecule has 2 rings (SSSR count). The fourth-order valence-electron chi connectivity index (χ4n) is 2.29. The molecule has 25 heavy (non-hydrogen) atoms. The number of carbonyl (C=O) groups excluding carboxylic acids is 1. The molecule has 0 bridgehead atoms. The maximum atomic E-state index is 13.5. The van der Waals surface area contributed by atoms with Gasteiger partial charge in [0.05, 0.1) is 0 Å². The molecule has 2 N–H and O–H groups in total. The van der Waals surface area contributed by atoms with Crippen LogP contribution in [0.4, 0.5) is 4.39 Å². The van der Waals surface area contributed by atoms with Gasteiger partial charge in [0.15, 0.2) is 0 Å². The Morgan fingerprint density at radius 1 is 1.04 bits per heavy atom. The summed E-state index contributed by atoms with van der Waals surface area (Å²) in [7, 11) is 0. The average molecular weight is 337 g/mol. The van der Waals surface area contributed by atoms with Crippen LogP contribution in [0.3, 0.4) is 0 Å². The van der Waals surface area contributed by atoms with Crippen molar-refractivity contribution in [3.63, 3.8) is 0 Å². The second-order valence-corrected chi connectivity index (χ2v) is 5.46. The first-order valence-corrected chi connectivity index (χ1v) is 8.10. The van der Waals surface area contributed by atoms with Crippen molar-refractivity contribution in [2.45, 2.75) is 12.8 Å². The third-order valence-electron chi connectivity index (χ3n) is 3.65. The summed E-state index contributed by atoms with van der Waals surface area (Å²) in [6.07, 6.45) is 2.54. The second kappa shape index (κ2) is 9.89. The number of rotatable bonds is 8. The van der Waals surface area contributed by atoms with Gasteiger partial charge in [0.25, 0.3) is 5.91 Å². The van der Waals surface area contributed by atoms with Crippen LogP contribution in [0.1, 0.15) is 11.1 Å². The number of halogens is 1. The van der Waals surface area contributed by atoms with Crippen LogP contribution in [0.15, 0.2) is 66.4 Å². The fourth-order valence-corrected chi connectivity index (χ4v) is 2.29. The summed E-state index contributed by atoms with van der Waals surface area (Å²) in [5.74, 6) is -0.677. The molecule has 5 heteroatoms. The van der Waals surface area contributed by atoms with E-state index >= 15 is 0 Å². The molecule has 0 spiro atoms. The summed E-state index contributed by atoms with van der Waals surface area (Å²) in [6, 6.07) is 18.2. The van der Waals surface area contributed by atoms with Crippen LogP contribution >= 0.6 is 0 Å². The minimum atomic E-state index is -0.420. The minimum Gasteiger partial charge on any atom is -0.389 e. The van der Waals surface area contributed by atoms with E-state index in [2.05, 4.69) is 10.6 Å². The molecule has 0 heterocycles. The van der Waals surface area contributed by atoms with Crippen LogP contribution in [0.5, 0.6) is 0 Å². The molecule has 0 radical (unpaired) electrons. The Morgan fingerprint density at radius 3 is 2.48 bits per heavy atom. The van der Waals surface area contributed by atoms with Gasteiger partial charge in [-0.15, -0.1) is 0 Å². The topological polar surface area (TPSA) is 64.9 Å². The van der Waals surface area contributed by atoms with Crippen molar-refractivity contribution in [1.29, 1.82) is 5.26 Å². The molecule has 2 aromatic carbocycles. The molecular formula is C20H20FN3O. The summed E-state index contributed by atoms with van der Waals surface area (Å²) in [5.41, 5.74) is 1.71. The molecule has 0 unspecified atom stereocenters. The maximum Gasteiger partial charge on any atom is 0.263 e. The Balaban J connectivity index is 1.76. The van der Waals surface area contributed by atoms with E-state index in [1.807, 2.05) is 36.4 Å².